The minimum atomic E-state index is -0.989. The Balaban J connectivity index is 3.18. The Morgan fingerprint density at radius 1 is 0.576 bits per heavy atom. The molecule has 1 unspecified atom stereocenters. The van der Waals surface area contributed by atoms with E-state index in [9.17, 15) is 0 Å². The van der Waals surface area contributed by atoms with Crippen LogP contribution in [0.4, 0.5) is 0 Å². The van der Waals surface area contributed by atoms with Crippen LogP contribution in [0.2, 0.25) is 0 Å². The lowest BCUT2D eigenvalue weighted by atomic mass is 9.89. The van der Waals surface area contributed by atoms with Crippen molar-refractivity contribution in [2.75, 3.05) is 19.8 Å². The molecule has 3 nitrogen and oxygen atoms in total. The summed E-state index contributed by atoms with van der Waals surface area (Å²) >= 11 is 0. The first-order valence-corrected chi connectivity index (χ1v) is 14.2. The predicted molar refractivity (Wildman–Crippen MR) is 142 cm³/mol. The van der Waals surface area contributed by atoms with E-state index in [4.69, 9.17) is 14.2 Å². The smallest absolute Gasteiger partial charge is 0.290 e. The van der Waals surface area contributed by atoms with Crippen LogP contribution in [-0.4, -0.2) is 25.8 Å². The van der Waals surface area contributed by atoms with Gasteiger partial charge in [-0.2, -0.15) is 0 Å². The van der Waals surface area contributed by atoms with Crippen LogP contribution < -0.4 is 0 Å². The molecule has 0 aliphatic heterocycles. The molecule has 1 aromatic rings. The summed E-state index contributed by atoms with van der Waals surface area (Å²) in [5.41, 5.74) is 2.65. The summed E-state index contributed by atoms with van der Waals surface area (Å²) in [6, 6.07) is 9.09. The molecule has 0 spiro atoms. The lowest BCUT2D eigenvalue weighted by Crippen LogP contribution is -2.46. The van der Waals surface area contributed by atoms with Gasteiger partial charge < -0.3 is 14.2 Å². The quantitative estimate of drug-likeness (QED) is 0.127. The van der Waals surface area contributed by atoms with Crippen molar-refractivity contribution in [2.45, 2.75) is 136 Å². The highest BCUT2D eigenvalue weighted by molar-refractivity contribution is 5.26. The number of ether oxygens (including phenoxy) is 3. The highest BCUT2D eigenvalue weighted by atomic mass is 16.9. The van der Waals surface area contributed by atoms with E-state index in [1.807, 2.05) is 0 Å². The maximum absolute atomic E-state index is 6.59. The van der Waals surface area contributed by atoms with Gasteiger partial charge >= 0.3 is 0 Å². The fourth-order valence-corrected chi connectivity index (χ4v) is 4.17. The van der Waals surface area contributed by atoms with Crippen LogP contribution in [0.1, 0.15) is 135 Å². The van der Waals surface area contributed by atoms with E-state index in [1.54, 1.807) is 0 Å². The maximum atomic E-state index is 6.59. The van der Waals surface area contributed by atoms with Crippen molar-refractivity contribution in [2.24, 2.45) is 0 Å². The first kappa shape index (κ1) is 30.1. The first-order chi connectivity index (χ1) is 16.2. The van der Waals surface area contributed by atoms with E-state index in [-0.39, 0.29) is 5.92 Å². The lowest BCUT2D eigenvalue weighted by Gasteiger charge is -2.40. The van der Waals surface area contributed by atoms with Crippen LogP contribution in [0.25, 0.3) is 0 Å². The maximum Gasteiger partial charge on any atom is 0.290 e. The zero-order valence-corrected chi connectivity index (χ0v) is 22.6. The Bertz CT molecular complexity index is 528. The Morgan fingerprint density at radius 2 is 1.03 bits per heavy atom. The molecule has 0 N–H and O–H groups in total. The van der Waals surface area contributed by atoms with E-state index in [0.29, 0.717) is 19.8 Å². The number of hydrogen-bond acceptors (Lipinski definition) is 3. The summed E-state index contributed by atoms with van der Waals surface area (Å²) in [4.78, 5) is 0. The normalized spacial score (nSPS) is 12.9. The Hall–Kier alpha value is -0.900. The summed E-state index contributed by atoms with van der Waals surface area (Å²) in [6.07, 6.45) is 16.2. The second-order valence-electron chi connectivity index (χ2n) is 9.41. The van der Waals surface area contributed by atoms with E-state index < -0.39 is 5.97 Å². The van der Waals surface area contributed by atoms with Gasteiger partial charge in [0.1, 0.15) is 0 Å². The van der Waals surface area contributed by atoms with Crippen LogP contribution in [-0.2, 0) is 20.6 Å². The Morgan fingerprint density at radius 3 is 1.48 bits per heavy atom. The molecule has 1 aromatic carbocycles. The molecule has 3 heteroatoms. The van der Waals surface area contributed by atoms with E-state index >= 15 is 0 Å². The minimum absolute atomic E-state index is 0.0835. The third kappa shape index (κ3) is 11.9. The zero-order chi connectivity index (χ0) is 24.2. The molecule has 33 heavy (non-hydrogen) atoms. The monoisotopic (exact) mass is 462 g/mol. The molecule has 0 radical (unpaired) electrons. The molecule has 0 aliphatic carbocycles. The SMILES string of the molecule is CCCCCCCCC(c1ccc(CC)cc1)C(OCCCC)(OCCCC)OCCCC. The molecule has 0 saturated carbocycles. The van der Waals surface area contributed by atoms with Crippen molar-refractivity contribution < 1.29 is 14.2 Å². The van der Waals surface area contributed by atoms with Gasteiger partial charge in [-0.3, -0.25) is 0 Å². The largest absolute Gasteiger partial charge is 0.327 e. The van der Waals surface area contributed by atoms with E-state index in [2.05, 4.69) is 58.9 Å². The lowest BCUT2D eigenvalue weighted by molar-refractivity contribution is -0.393. The summed E-state index contributed by atoms with van der Waals surface area (Å²) in [7, 11) is 0. The number of rotatable bonds is 22. The van der Waals surface area contributed by atoms with E-state index in [1.165, 1.54) is 49.7 Å². The molecule has 192 valence electrons. The van der Waals surface area contributed by atoms with Gasteiger partial charge in [-0.1, -0.05) is 117 Å². The molecule has 1 atom stereocenters. The molecule has 0 amide bonds. The molecular weight excluding hydrogens is 408 g/mol. The van der Waals surface area contributed by atoms with Gasteiger partial charge in [-0.15, -0.1) is 0 Å². The van der Waals surface area contributed by atoms with Crippen LogP contribution in [0.5, 0.6) is 0 Å². The summed E-state index contributed by atoms with van der Waals surface area (Å²) < 4.78 is 19.8. The summed E-state index contributed by atoms with van der Waals surface area (Å²) in [5, 5.41) is 0. The third-order valence-corrected chi connectivity index (χ3v) is 6.47. The number of unbranched alkanes of at least 4 members (excludes halogenated alkanes) is 8. The van der Waals surface area contributed by atoms with Crippen LogP contribution >= 0.6 is 0 Å². The average Bonchev–Trinajstić information content (AvgIpc) is 2.84. The molecule has 0 heterocycles. The zero-order valence-electron chi connectivity index (χ0n) is 22.6. The fraction of sp³-hybridized carbons (Fsp3) is 0.800. The summed E-state index contributed by atoms with van der Waals surface area (Å²) in [5.74, 6) is -0.906. The van der Waals surface area contributed by atoms with Crippen LogP contribution in [0, 0.1) is 0 Å². The van der Waals surface area contributed by atoms with Gasteiger partial charge in [0.25, 0.3) is 5.97 Å². The Kier molecular flexibility index (Phi) is 17.7. The number of hydrogen-bond donors (Lipinski definition) is 0. The van der Waals surface area contributed by atoms with Crippen molar-refractivity contribution in [3.63, 3.8) is 0 Å². The van der Waals surface area contributed by atoms with Crippen molar-refractivity contribution >= 4 is 0 Å². The van der Waals surface area contributed by atoms with Gasteiger partial charge in [0, 0.05) is 0 Å². The predicted octanol–water partition coefficient (Wildman–Crippen LogP) is 9.19. The molecule has 1 rings (SSSR count). The Labute approximate surface area is 206 Å². The molecule has 0 fully saturated rings. The van der Waals surface area contributed by atoms with E-state index in [0.717, 1.165) is 51.4 Å². The highest BCUT2D eigenvalue weighted by Crippen LogP contribution is 2.39. The second-order valence-corrected chi connectivity index (χ2v) is 9.41. The standard InChI is InChI=1S/C30H54O3/c1-6-11-15-16-17-18-19-29(28-22-20-27(10-5)21-23-28)30(31-24-12-7-2,32-25-13-8-3)33-26-14-9-4/h20-23,29H,6-19,24-26H2,1-5H3. The molecule has 0 aliphatic rings. The van der Waals surface area contributed by atoms with Gasteiger partial charge in [-0.25, -0.2) is 0 Å². The second kappa shape index (κ2) is 19.4. The van der Waals surface area contributed by atoms with Crippen molar-refractivity contribution in [3.05, 3.63) is 35.4 Å². The van der Waals surface area contributed by atoms with Crippen molar-refractivity contribution in [1.29, 1.82) is 0 Å². The first-order valence-electron chi connectivity index (χ1n) is 14.2. The van der Waals surface area contributed by atoms with Crippen molar-refractivity contribution in [3.8, 4) is 0 Å². The van der Waals surface area contributed by atoms with Crippen LogP contribution in [0.3, 0.4) is 0 Å². The molecule has 0 saturated heterocycles. The highest BCUT2D eigenvalue weighted by Gasteiger charge is 2.43. The third-order valence-electron chi connectivity index (χ3n) is 6.47. The topological polar surface area (TPSA) is 27.7 Å². The average molecular weight is 463 g/mol. The van der Waals surface area contributed by atoms with Gasteiger partial charge in [-0.05, 0) is 43.2 Å². The van der Waals surface area contributed by atoms with Crippen LogP contribution in [0.15, 0.2) is 24.3 Å². The van der Waals surface area contributed by atoms with Crippen molar-refractivity contribution in [1.82, 2.24) is 0 Å². The molecular formula is C30H54O3. The number of benzene rings is 1. The summed E-state index contributed by atoms with van der Waals surface area (Å²) in [6.45, 7) is 13.1. The fourth-order valence-electron chi connectivity index (χ4n) is 4.17. The minimum Gasteiger partial charge on any atom is -0.327 e. The van der Waals surface area contributed by atoms with Gasteiger partial charge in [0.05, 0.1) is 25.7 Å². The molecule has 0 aromatic heterocycles. The number of aryl methyl sites for hydroxylation is 1. The van der Waals surface area contributed by atoms with Gasteiger partial charge in [0.15, 0.2) is 0 Å². The molecule has 0 bridgehead atoms. The van der Waals surface area contributed by atoms with Gasteiger partial charge in [0.2, 0.25) is 0 Å².